The van der Waals surface area contributed by atoms with Gasteiger partial charge in [0.25, 0.3) is 5.69 Å². The number of carbonyl (C=O) groups excluding carboxylic acids is 1. The van der Waals surface area contributed by atoms with Crippen molar-refractivity contribution in [2.24, 2.45) is 5.92 Å². The second-order valence-electron chi connectivity index (χ2n) is 5.56. The lowest BCUT2D eigenvalue weighted by atomic mass is 10.1. The fraction of sp³-hybridized carbons (Fsp3) is 0.267. The van der Waals surface area contributed by atoms with Crippen LogP contribution in [0.1, 0.15) is 29.3 Å². The minimum atomic E-state index is -0.462. The first-order chi connectivity index (χ1) is 11.0. The van der Waals surface area contributed by atoms with E-state index in [0.717, 1.165) is 17.7 Å². The van der Waals surface area contributed by atoms with Gasteiger partial charge in [0.1, 0.15) is 16.4 Å². The number of benzene rings is 1. The molecule has 0 atom stereocenters. The highest BCUT2D eigenvalue weighted by atomic mass is 32.1. The van der Waals surface area contributed by atoms with Crippen LogP contribution in [-0.2, 0) is 6.42 Å². The predicted molar refractivity (Wildman–Crippen MR) is 86.9 cm³/mol. The normalized spacial score (nSPS) is 11.3. The summed E-state index contributed by atoms with van der Waals surface area (Å²) in [6.45, 7) is 4.21. The summed E-state index contributed by atoms with van der Waals surface area (Å²) in [6, 6.07) is 5.98. The van der Waals surface area contributed by atoms with Crippen LogP contribution in [0, 0.1) is 16.0 Å². The number of aldehydes is 1. The van der Waals surface area contributed by atoms with E-state index in [0.29, 0.717) is 27.8 Å². The van der Waals surface area contributed by atoms with E-state index in [1.807, 2.05) is 0 Å². The van der Waals surface area contributed by atoms with Crippen LogP contribution in [0.5, 0.6) is 0 Å². The SMILES string of the molecule is CC(C)Cc1nn2c(C=O)c(-c3ccc([N+](=O)[O-])cc3)nc2s1. The van der Waals surface area contributed by atoms with Crippen molar-refractivity contribution in [3.8, 4) is 11.3 Å². The number of carbonyl (C=O) groups is 1. The van der Waals surface area contributed by atoms with Gasteiger partial charge in [0, 0.05) is 24.1 Å². The van der Waals surface area contributed by atoms with E-state index in [2.05, 4.69) is 23.9 Å². The Hall–Kier alpha value is -2.61. The van der Waals surface area contributed by atoms with Crippen molar-refractivity contribution in [1.82, 2.24) is 14.6 Å². The molecule has 0 radical (unpaired) electrons. The van der Waals surface area contributed by atoms with Crippen molar-refractivity contribution in [1.29, 1.82) is 0 Å². The zero-order valence-electron chi connectivity index (χ0n) is 12.6. The van der Waals surface area contributed by atoms with Gasteiger partial charge in [-0.2, -0.15) is 9.61 Å². The number of non-ortho nitro benzene ring substituents is 1. The second-order valence-corrected chi connectivity index (χ2v) is 6.60. The molecule has 0 amide bonds. The lowest BCUT2D eigenvalue weighted by Crippen LogP contribution is -1.98. The Morgan fingerprint density at radius 1 is 1.35 bits per heavy atom. The highest BCUT2D eigenvalue weighted by molar-refractivity contribution is 7.16. The molecule has 0 aliphatic carbocycles. The zero-order chi connectivity index (χ0) is 16.6. The molecule has 0 fully saturated rings. The maximum atomic E-state index is 11.5. The molecule has 2 aromatic heterocycles. The number of rotatable bonds is 5. The molecule has 0 saturated heterocycles. The van der Waals surface area contributed by atoms with Crippen molar-refractivity contribution in [3.63, 3.8) is 0 Å². The molecule has 0 aliphatic rings. The molecule has 3 rings (SSSR count). The third kappa shape index (κ3) is 2.85. The van der Waals surface area contributed by atoms with Crippen LogP contribution in [0.15, 0.2) is 24.3 Å². The van der Waals surface area contributed by atoms with Crippen molar-refractivity contribution in [2.75, 3.05) is 0 Å². The first-order valence-corrected chi connectivity index (χ1v) is 7.89. The number of nitro groups is 1. The molecule has 23 heavy (non-hydrogen) atoms. The number of hydrogen-bond acceptors (Lipinski definition) is 6. The summed E-state index contributed by atoms with van der Waals surface area (Å²) < 4.78 is 1.55. The van der Waals surface area contributed by atoms with Crippen molar-refractivity contribution in [3.05, 3.63) is 45.1 Å². The maximum absolute atomic E-state index is 11.5. The lowest BCUT2D eigenvalue weighted by Gasteiger charge is -1.99. The summed E-state index contributed by atoms with van der Waals surface area (Å²) in [5, 5.41) is 16.1. The fourth-order valence-electron chi connectivity index (χ4n) is 2.29. The van der Waals surface area contributed by atoms with Crippen LogP contribution in [0.4, 0.5) is 5.69 Å². The Balaban J connectivity index is 2.05. The monoisotopic (exact) mass is 330 g/mol. The molecule has 118 valence electrons. The summed E-state index contributed by atoms with van der Waals surface area (Å²) in [6.07, 6.45) is 1.55. The summed E-state index contributed by atoms with van der Waals surface area (Å²) in [7, 11) is 0. The van der Waals surface area contributed by atoms with Crippen LogP contribution < -0.4 is 0 Å². The van der Waals surface area contributed by atoms with Gasteiger partial charge >= 0.3 is 0 Å². The Bertz CT molecular complexity index is 880. The first-order valence-electron chi connectivity index (χ1n) is 7.08. The van der Waals surface area contributed by atoms with E-state index >= 15 is 0 Å². The van der Waals surface area contributed by atoms with Gasteiger partial charge in [-0.1, -0.05) is 25.2 Å². The van der Waals surface area contributed by atoms with Gasteiger partial charge < -0.3 is 0 Å². The Kier molecular flexibility index (Phi) is 3.91. The summed E-state index contributed by atoms with van der Waals surface area (Å²) in [5.74, 6) is 0.472. The first kappa shape index (κ1) is 15.3. The Labute approximate surface area is 135 Å². The molecule has 2 heterocycles. The van der Waals surface area contributed by atoms with Gasteiger partial charge in [-0.15, -0.1) is 0 Å². The van der Waals surface area contributed by atoms with Crippen molar-refractivity contribution in [2.45, 2.75) is 20.3 Å². The van der Waals surface area contributed by atoms with Gasteiger partial charge in [-0.3, -0.25) is 14.9 Å². The number of hydrogen-bond donors (Lipinski definition) is 0. The van der Waals surface area contributed by atoms with Crippen LogP contribution in [-0.4, -0.2) is 25.8 Å². The van der Waals surface area contributed by atoms with E-state index in [-0.39, 0.29) is 5.69 Å². The number of nitro benzene ring substituents is 1. The molecule has 0 bridgehead atoms. The standard InChI is InChI=1S/C15H14N4O3S/c1-9(2)7-13-17-18-12(8-20)14(16-15(18)23-13)10-3-5-11(6-4-10)19(21)22/h3-6,8-9H,7H2,1-2H3. The molecule has 0 aliphatic heterocycles. The van der Waals surface area contributed by atoms with E-state index in [1.165, 1.54) is 23.5 Å². The molecule has 1 aromatic carbocycles. The van der Waals surface area contributed by atoms with Crippen LogP contribution in [0.2, 0.25) is 0 Å². The van der Waals surface area contributed by atoms with E-state index < -0.39 is 4.92 Å². The van der Waals surface area contributed by atoms with Crippen molar-refractivity contribution < 1.29 is 9.72 Å². The third-order valence-electron chi connectivity index (χ3n) is 3.33. The quantitative estimate of drug-likeness (QED) is 0.406. The molecule has 0 N–H and O–H groups in total. The van der Waals surface area contributed by atoms with Crippen molar-refractivity contribution >= 4 is 28.3 Å². The van der Waals surface area contributed by atoms with E-state index in [9.17, 15) is 14.9 Å². The van der Waals surface area contributed by atoms with Gasteiger partial charge in [-0.25, -0.2) is 4.98 Å². The molecular formula is C15H14N4O3S. The molecule has 0 spiro atoms. The smallest absolute Gasteiger partial charge is 0.269 e. The maximum Gasteiger partial charge on any atom is 0.269 e. The van der Waals surface area contributed by atoms with Gasteiger partial charge in [0.2, 0.25) is 4.96 Å². The average Bonchev–Trinajstić information content (AvgIpc) is 3.03. The van der Waals surface area contributed by atoms with Gasteiger partial charge in [-0.05, 0) is 18.1 Å². The number of fused-ring (bicyclic) bond motifs is 1. The molecule has 3 aromatic rings. The average molecular weight is 330 g/mol. The lowest BCUT2D eigenvalue weighted by molar-refractivity contribution is -0.384. The molecule has 0 unspecified atom stereocenters. The number of imidazole rings is 1. The van der Waals surface area contributed by atoms with Crippen LogP contribution in [0.3, 0.4) is 0 Å². The van der Waals surface area contributed by atoms with Crippen LogP contribution in [0.25, 0.3) is 16.2 Å². The summed E-state index contributed by atoms with van der Waals surface area (Å²) in [4.78, 5) is 26.9. The molecule has 8 heteroatoms. The zero-order valence-corrected chi connectivity index (χ0v) is 13.4. The highest BCUT2D eigenvalue weighted by Crippen LogP contribution is 2.28. The van der Waals surface area contributed by atoms with Crippen LogP contribution >= 0.6 is 11.3 Å². The second kappa shape index (κ2) is 5.88. The summed E-state index contributed by atoms with van der Waals surface area (Å²) in [5.41, 5.74) is 1.51. The molecule has 0 saturated carbocycles. The summed E-state index contributed by atoms with van der Waals surface area (Å²) >= 11 is 1.45. The predicted octanol–water partition coefficient (Wildman–Crippen LogP) is 3.38. The molecule has 7 nitrogen and oxygen atoms in total. The fourth-order valence-corrected chi connectivity index (χ4v) is 3.41. The topological polar surface area (TPSA) is 90.4 Å². The molecular weight excluding hydrogens is 316 g/mol. The third-order valence-corrected chi connectivity index (χ3v) is 4.26. The Morgan fingerprint density at radius 2 is 2.04 bits per heavy atom. The number of nitrogens with zero attached hydrogens (tertiary/aromatic N) is 4. The van der Waals surface area contributed by atoms with E-state index in [1.54, 1.807) is 16.6 Å². The minimum Gasteiger partial charge on any atom is -0.296 e. The van der Waals surface area contributed by atoms with Gasteiger partial charge in [0.15, 0.2) is 6.29 Å². The Morgan fingerprint density at radius 3 is 2.61 bits per heavy atom. The minimum absolute atomic E-state index is 0.000214. The van der Waals surface area contributed by atoms with Gasteiger partial charge in [0.05, 0.1) is 4.92 Å². The number of aromatic nitrogens is 3. The highest BCUT2D eigenvalue weighted by Gasteiger charge is 2.18. The largest absolute Gasteiger partial charge is 0.296 e. The van der Waals surface area contributed by atoms with E-state index in [4.69, 9.17) is 0 Å².